The lowest BCUT2D eigenvalue weighted by molar-refractivity contribution is -0.142. The first-order valence-electron chi connectivity index (χ1n) is 9.99. The van der Waals surface area contributed by atoms with Crippen LogP contribution in [0.5, 0.6) is 0 Å². The lowest BCUT2D eigenvalue weighted by Crippen LogP contribution is -2.32. The monoisotopic (exact) mass is 394 g/mol. The van der Waals surface area contributed by atoms with Gasteiger partial charge in [-0.25, -0.2) is 0 Å². The molecule has 2 aliphatic heterocycles. The fraction of sp³-hybridized carbons (Fsp3) is 0.409. The number of para-hydroxylation sites is 1. The molecule has 3 heterocycles. The third kappa shape index (κ3) is 3.10. The van der Waals surface area contributed by atoms with Crippen molar-refractivity contribution in [2.45, 2.75) is 25.8 Å². The number of nitrogens with zero attached hydrogens (tertiary/aromatic N) is 2. The molecule has 5 rings (SSSR count). The van der Waals surface area contributed by atoms with Crippen LogP contribution in [0, 0.1) is 17.8 Å². The highest BCUT2D eigenvalue weighted by molar-refractivity contribution is 6.01. The van der Waals surface area contributed by atoms with Crippen LogP contribution in [-0.2, 0) is 22.6 Å². The molecule has 1 N–H and O–H groups in total. The standard InChI is InChI=1S/C22H22N2O5/c25-19-9-14-3-1-2-4-18(14)24(19)10-15-7-8-29-20(15)21(26)23-11-16(13-5-6-13)17(12-23)22(27)28/h1-4,7-8,13,16-17H,5-6,9-12H2,(H,27,28)/t16-,17+/m1/s1. The molecule has 1 saturated carbocycles. The average molecular weight is 394 g/mol. The summed E-state index contributed by atoms with van der Waals surface area (Å²) in [7, 11) is 0. The Labute approximate surface area is 167 Å². The highest BCUT2D eigenvalue weighted by atomic mass is 16.4. The van der Waals surface area contributed by atoms with E-state index in [0.29, 0.717) is 24.4 Å². The van der Waals surface area contributed by atoms with E-state index >= 15 is 0 Å². The van der Waals surface area contributed by atoms with Gasteiger partial charge in [0.2, 0.25) is 5.91 Å². The van der Waals surface area contributed by atoms with Crippen LogP contribution in [-0.4, -0.2) is 40.9 Å². The quantitative estimate of drug-likeness (QED) is 0.842. The summed E-state index contributed by atoms with van der Waals surface area (Å²) >= 11 is 0. The summed E-state index contributed by atoms with van der Waals surface area (Å²) in [6, 6.07) is 9.35. The summed E-state index contributed by atoms with van der Waals surface area (Å²) in [5.41, 5.74) is 2.48. The summed E-state index contributed by atoms with van der Waals surface area (Å²) in [5.74, 6) is -1.03. The second-order valence-corrected chi connectivity index (χ2v) is 8.22. The van der Waals surface area contributed by atoms with Crippen LogP contribution in [0.2, 0.25) is 0 Å². The van der Waals surface area contributed by atoms with E-state index in [-0.39, 0.29) is 36.6 Å². The molecule has 2 fully saturated rings. The third-order valence-electron chi connectivity index (χ3n) is 6.39. The van der Waals surface area contributed by atoms with E-state index < -0.39 is 11.9 Å². The summed E-state index contributed by atoms with van der Waals surface area (Å²) in [4.78, 5) is 40.5. The second kappa shape index (κ2) is 6.76. The normalized spacial score (nSPS) is 23.5. The Morgan fingerprint density at radius 3 is 2.69 bits per heavy atom. The Kier molecular flexibility index (Phi) is 4.19. The first kappa shape index (κ1) is 18.0. The van der Waals surface area contributed by atoms with Gasteiger partial charge in [-0.3, -0.25) is 14.4 Å². The fourth-order valence-corrected chi connectivity index (χ4v) is 4.71. The van der Waals surface area contributed by atoms with Gasteiger partial charge in [0.15, 0.2) is 5.76 Å². The van der Waals surface area contributed by atoms with Gasteiger partial charge in [-0.1, -0.05) is 18.2 Å². The van der Waals surface area contributed by atoms with Gasteiger partial charge in [-0.05, 0) is 42.4 Å². The van der Waals surface area contributed by atoms with Gasteiger partial charge in [-0.15, -0.1) is 0 Å². The van der Waals surface area contributed by atoms with Crippen molar-refractivity contribution >= 4 is 23.5 Å². The number of carbonyl (C=O) groups excluding carboxylic acids is 2. The van der Waals surface area contributed by atoms with Gasteiger partial charge in [0.25, 0.3) is 5.91 Å². The van der Waals surface area contributed by atoms with E-state index in [2.05, 4.69) is 0 Å². The van der Waals surface area contributed by atoms with Crippen LogP contribution in [0.4, 0.5) is 5.69 Å². The maximum absolute atomic E-state index is 13.1. The van der Waals surface area contributed by atoms with Crippen molar-refractivity contribution in [1.29, 1.82) is 0 Å². The first-order valence-corrected chi connectivity index (χ1v) is 9.99. The molecule has 7 heteroatoms. The summed E-state index contributed by atoms with van der Waals surface area (Å²) in [5, 5.41) is 9.55. The predicted octanol–water partition coefficient (Wildman–Crippen LogP) is 2.55. The summed E-state index contributed by atoms with van der Waals surface area (Å²) in [6.07, 6.45) is 3.89. The number of furan rings is 1. The number of hydrogen-bond acceptors (Lipinski definition) is 4. The molecular formula is C22H22N2O5. The largest absolute Gasteiger partial charge is 0.481 e. The van der Waals surface area contributed by atoms with Gasteiger partial charge < -0.3 is 19.3 Å². The number of likely N-dealkylation sites (tertiary alicyclic amines) is 1. The molecule has 0 unspecified atom stereocenters. The molecular weight excluding hydrogens is 372 g/mol. The molecule has 2 atom stereocenters. The number of carbonyl (C=O) groups is 3. The third-order valence-corrected chi connectivity index (χ3v) is 6.39. The number of amides is 2. The van der Waals surface area contributed by atoms with Crippen molar-refractivity contribution in [2.75, 3.05) is 18.0 Å². The number of fused-ring (bicyclic) bond motifs is 1. The lowest BCUT2D eigenvalue weighted by Gasteiger charge is -2.19. The molecule has 1 saturated heterocycles. The second-order valence-electron chi connectivity index (χ2n) is 8.22. The maximum atomic E-state index is 13.1. The van der Waals surface area contributed by atoms with Gasteiger partial charge in [-0.2, -0.15) is 0 Å². The SMILES string of the molecule is O=C(O)[C@H]1CN(C(=O)c2occc2CN2C(=O)Cc3ccccc32)C[C@@H]1C1CC1. The molecule has 29 heavy (non-hydrogen) atoms. The van der Waals surface area contributed by atoms with E-state index in [1.165, 1.54) is 6.26 Å². The number of rotatable bonds is 5. The Hall–Kier alpha value is -3.09. The number of benzene rings is 1. The molecule has 2 aromatic rings. The van der Waals surface area contributed by atoms with Crippen LogP contribution >= 0.6 is 0 Å². The minimum absolute atomic E-state index is 0.00768. The van der Waals surface area contributed by atoms with Crippen LogP contribution in [0.25, 0.3) is 0 Å². The Morgan fingerprint density at radius 1 is 1.14 bits per heavy atom. The van der Waals surface area contributed by atoms with Crippen molar-refractivity contribution in [2.24, 2.45) is 17.8 Å². The van der Waals surface area contributed by atoms with Crippen LogP contribution < -0.4 is 4.90 Å². The van der Waals surface area contributed by atoms with Crippen LogP contribution in [0.3, 0.4) is 0 Å². The van der Waals surface area contributed by atoms with Crippen LogP contribution in [0.15, 0.2) is 41.0 Å². The van der Waals surface area contributed by atoms with E-state index in [4.69, 9.17) is 4.42 Å². The van der Waals surface area contributed by atoms with Gasteiger partial charge >= 0.3 is 5.97 Å². The smallest absolute Gasteiger partial charge is 0.308 e. The fourth-order valence-electron chi connectivity index (χ4n) is 4.71. The number of aliphatic carboxylic acids is 1. The lowest BCUT2D eigenvalue weighted by atomic mass is 9.92. The van der Waals surface area contributed by atoms with Gasteiger partial charge in [0.05, 0.1) is 25.1 Å². The van der Waals surface area contributed by atoms with Crippen molar-refractivity contribution in [1.82, 2.24) is 4.90 Å². The zero-order valence-electron chi connectivity index (χ0n) is 15.9. The molecule has 150 valence electrons. The molecule has 7 nitrogen and oxygen atoms in total. The molecule has 0 spiro atoms. The number of carboxylic acid groups (broad SMARTS) is 1. The predicted molar refractivity (Wildman–Crippen MR) is 103 cm³/mol. The molecule has 1 aromatic heterocycles. The summed E-state index contributed by atoms with van der Waals surface area (Å²) < 4.78 is 5.50. The molecule has 3 aliphatic rings. The average Bonchev–Trinajstić information content (AvgIpc) is 3.15. The van der Waals surface area contributed by atoms with E-state index in [1.807, 2.05) is 24.3 Å². The van der Waals surface area contributed by atoms with Crippen molar-refractivity contribution in [3.8, 4) is 0 Å². The minimum Gasteiger partial charge on any atom is -0.481 e. The Balaban J connectivity index is 1.36. The molecule has 2 amide bonds. The first-order chi connectivity index (χ1) is 14.0. The number of anilines is 1. The minimum atomic E-state index is -0.837. The number of carboxylic acids is 1. The topological polar surface area (TPSA) is 91.1 Å². The van der Waals surface area contributed by atoms with Crippen molar-refractivity contribution in [3.05, 3.63) is 53.5 Å². The van der Waals surface area contributed by atoms with Crippen molar-refractivity contribution < 1.29 is 23.9 Å². The van der Waals surface area contributed by atoms with Crippen LogP contribution in [0.1, 0.15) is 34.5 Å². The van der Waals surface area contributed by atoms with E-state index in [9.17, 15) is 19.5 Å². The molecule has 0 radical (unpaired) electrons. The number of hydrogen-bond donors (Lipinski definition) is 1. The van der Waals surface area contributed by atoms with Gasteiger partial charge in [0, 0.05) is 24.3 Å². The molecule has 0 bridgehead atoms. The van der Waals surface area contributed by atoms with Crippen molar-refractivity contribution in [3.63, 3.8) is 0 Å². The zero-order valence-corrected chi connectivity index (χ0v) is 15.9. The molecule has 1 aliphatic carbocycles. The molecule has 1 aromatic carbocycles. The highest BCUT2D eigenvalue weighted by Gasteiger charge is 2.47. The highest BCUT2D eigenvalue weighted by Crippen LogP contribution is 2.44. The Morgan fingerprint density at radius 2 is 1.93 bits per heavy atom. The zero-order chi connectivity index (χ0) is 20.1. The Bertz CT molecular complexity index is 993. The van der Waals surface area contributed by atoms with Gasteiger partial charge in [0.1, 0.15) is 0 Å². The van der Waals surface area contributed by atoms with E-state index in [1.54, 1.807) is 15.9 Å². The maximum Gasteiger partial charge on any atom is 0.308 e. The summed E-state index contributed by atoms with van der Waals surface area (Å²) in [6.45, 7) is 0.919. The van der Waals surface area contributed by atoms with E-state index in [0.717, 1.165) is 24.1 Å².